The molecule has 0 aromatic carbocycles. The van der Waals surface area contributed by atoms with Crippen LogP contribution >= 0.6 is 0 Å². The summed E-state index contributed by atoms with van der Waals surface area (Å²) in [4.78, 5) is 37.6. The van der Waals surface area contributed by atoms with E-state index in [1.54, 1.807) is 6.08 Å². The van der Waals surface area contributed by atoms with Gasteiger partial charge in [-0.1, -0.05) is 190 Å². The van der Waals surface area contributed by atoms with Crippen LogP contribution in [-0.2, 0) is 28.6 Å². The molecule has 314 valence electrons. The van der Waals surface area contributed by atoms with Gasteiger partial charge in [-0.25, -0.2) is 0 Å². The van der Waals surface area contributed by atoms with E-state index in [2.05, 4.69) is 81.5 Å². The Morgan fingerprint density at radius 2 is 0.782 bits per heavy atom. The third kappa shape index (κ3) is 41.8. The van der Waals surface area contributed by atoms with Gasteiger partial charge in [0, 0.05) is 12.8 Å². The maximum Gasteiger partial charge on any atom is 0.309 e. The largest absolute Gasteiger partial charge is 0.462 e. The Balaban J connectivity index is 4.45. The second-order valence-corrected chi connectivity index (χ2v) is 14.6. The Labute approximate surface area is 338 Å². The van der Waals surface area contributed by atoms with Crippen molar-refractivity contribution in [3.05, 3.63) is 72.9 Å². The predicted octanol–water partition coefficient (Wildman–Crippen LogP) is 14.3. The fraction of sp³-hybridized carbons (Fsp3) is 0.694. The van der Waals surface area contributed by atoms with Crippen molar-refractivity contribution in [2.24, 2.45) is 0 Å². The minimum atomic E-state index is -0.815. The first-order valence-electron chi connectivity index (χ1n) is 22.4. The van der Waals surface area contributed by atoms with E-state index >= 15 is 0 Å². The SMILES string of the molecule is CC/C=C\C/C=C\C/C=C\CCCCCCC(=O)OCC(COC(=O)C/C=C\C/C=C\C/C=C\CC)OC(=O)CCCCCCCCCCCCCCCC. The second kappa shape index (κ2) is 43.6. The maximum atomic E-state index is 12.7. The molecule has 0 aliphatic carbocycles. The summed E-state index contributed by atoms with van der Waals surface area (Å²) in [5.41, 5.74) is 0. The van der Waals surface area contributed by atoms with Crippen molar-refractivity contribution < 1.29 is 28.6 Å². The van der Waals surface area contributed by atoms with Crippen LogP contribution in [0.2, 0.25) is 0 Å². The van der Waals surface area contributed by atoms with Crippen molar-refractivity contribution >= 4 is 17.9 Å². The minimum Gasteiger partial charge on any atom is -0.462 e. The molecule has 0 aliphatic rings. The molecule has 1 atom stereocenters. The molecular formula is C49H82O6. The molecule has 0 amide bonds. The molecule has 6 nitrogen and oxygen atoms in total. The fourth-order valence-corrected chi connectivity index (χ4v) is 5.93. The molecule has 0 bridgehead atoms. The lowest BCUT2D eigenvalue weighted by Gasteiger charge is -2.18. The van der Waals surface area contributed by atoms with Gasteiger partial charge >= 0.3 is 17.9 Å². The normalized spacial score (nSPS) is 12.7. The Bertz CT molecular complexity index is 1070. The van der Waals surface area contributed by atoms with Crippen LogP contribution in [0.5, 0.6) is 0 Å². The van der Waals surface area contributed by atoms with Crippen molar-refractivity contribution in [3.63, 3.8) is 0 Å². The van der Waals surface area contributed by atoms with Gasteiger partial charge in [0.25, 0.3) is 0 Å². The number of ether oxygens (including phenoxy) is 3. The number of carbonyl (C=O) groups excluding carboxylic acids is 3. The van der Waals surface area contributed by atoms with Gasteiger partial charge in [-0.3, -0.25) is 14.4 Å². The molecule has 0 aromatic rings. The van der Waals surface area contributed by atoms with Crippen molar-refractivity contribution in [1.82, 2.24) is 0 Å². The van der Waals surface area contributed by atoms with Crippen molar-refractivity contribution in [1.29, 1.82) is 0 Å². The lowest BCUT2D eigenvalue weighted by Crippen LogP contribution is -2.30. The topological polar surface area (TPSA) is 78.9 Å². The van der Waals surface area contributed by atoms with Gasteiger partial charge in [0.2, 0.25) is 0 Å². The van der Waals surface area contributed by atoms with E-state index in [4.69, 9.17) is 14.2 Å². The van der Waals surface area contributed by atoms with Gasteiger partial charge in [-0.15, -0.1) is 0 Å². The van der Waals surface area contributed by atoms with E-state index in [9.17, 15) is 14.4 Å². The van der Waals surface area contributed by atoms with E-state index in [0.29, 0.717) is 12.8 Å². The zero-order chi connectivity index (χ0) is 40.1. The number of hydrogen-bond acceptors (Lipinski definition) is 6. The van der Waals surface area contributed by atoms with Crippen LogP contribution in [0.1, 0.15) is 201 Å². The summed E-state index contributed by atoms with van der Waals surface area (Å²) in [6, 6.07) is 0. The summed E-state index contributed by atoms with van der Waals surface area (Å²) in [6.07, 6.45) is 53.5. The number of unbranched alkanes of at least 4 members (excludes halogenated alkanes) is 17. The standard InChI is InChI=1S/C49H82O6/c1-4-7-10-13-16-19-21-23-25-27-30-33-36-39-42-48(51)54-45-46(44-53-47(50)41-38-35-32-29-18-15-12-9-6-3)55-49(52)43-40-37-34-31-28-26-24-22-20-17-14-11-8-5-2/h7,9-10,12,16,18-19,23,25,29,35,38,46H,4-6,8,11,13-15,17,20-22,24,26-28,30-34,36-37,39-45H2,1-3H3/b10-7-,12-9-,19-16-,25-23-,29-18-,38-35-. The molecule has 0 N–H and O–H groups in total. The molecule has 0 aromatic heterocycles. The first-order valence-corrected chi connectivity index (χ1v) is 22.4. The van der Waals surface area contributed by atoms with Crippen LogP contribution in [0.3, 0.4) is 0 Å². The van der Waals surface area contributed by atoms with Crippen molar-refractivity contribution in [3.8, 4) is 0 Å². The van der Waals surface area contributed by atoms with Crippen LogP contribution in [0.4, 0.5) is 0 Å². The molecule has 0 fully saturated rings. The smallest absolute Gasteiger partial charge is 0.309 e. The van der Waals surface area contributed by atoms with Crippen LogP contribution in [0.15, 0.2) is 72.9 Å². The van der Waals surface area contributed by atoms with Gasteiger partial charge in [0.1, 0.15) is 13.2 Å². The highest BCUT2D eigenvalue weighted by atomic mass is 16.6. The molecule has 1 unspecified atom stereocenters. The third-order valence-corrected chi connectivity index (χ3v) is 9.24. The third-order valence-electron chi connectivity index (χ3n) is 9.24. The van der Waals surface area contributed by atoms with Gasteiger partial charge in [-0.2, -0.15) is 0 Å². The summed E-state index contributed by atoms with van der Waals surface area (Å²) in [6.45, 7) is 6.27. The van der Waals surface area contributed by atoms with Crippen molar-refractivity contribution in [2.75, 3.05) is 13.2 Å². The van der Waals surface area contributed by atoms with E-state index < -0.39 is 12.1 Å². The molecular weight excluding hydrogens is 685 g/mol. The van der Waals surface area contributed by atoms with Gasteiger partial charge < -0.3 is 14.2 Å². The van der Waals surface area contributed by atoms with E-state index in [1.807, 2.05) is 6.08 Å². The number of rotatable bonds is 39. The van der Waals surface area contributed by atoms with Crippen LogP contribution in [-0.4, -0.2) is 37.2 Å². The van der Waals surface area contributed by atoms with E-state index in [1.165, 1.54) is 70.6 Å². The number of esters is 3. The second-order valence-electron chi connectivity index (χ2n) is 14.6. The Kier molecular flexibility index (Phi) is 41.1. The first-order chi connectivity index (χ1) is 27.0. The number of allylic oxidation sites excluding steroid dienone is 11. The molecule has 0 rings (SSSR count). The molecule has 0 radical (unpaired) electrons. The molecule has 0 spiro atoms. The van der Waals surface area contributed by atoms with Crippen LogP contribution in [0.25, 0.3) is 0 Å². The Morgan fingerprint density at radius 1 is 0.400 bits per heavy atom. The lowest BCUT2D eigenvalue weighted by atomic mass is 10.0. The number of carbonyl (C=O) groups is 3. The molecule has 0 saturated heterocycles. The lowest BCUT2D eigenvalue weighted by molar-refractivity contribution is -0.166. The first kappa shape index (κ1) is 51.9. The Morgan fingerprint density at radius 3 is 1.27 bits per heavy atom. The summed E-state index contributed by atoms with van der Waals surface area (Å²) >= 11 is 0. The molecule has 0 aliphatic heterocycles. The highest BCUT2D eigenvalue weighted by Crippen LogP contribution is 2.14. The molecule has 0 heterocycles. The maximum absolute atomic E-state index is 12.7. The minimum absolute atomic E-state index is 0.113. The average Bonchev–Trinajstić information content (AvgIpc) is 3.18. The summed E-state index contributed by atoms with van der Waals surface area (Å²) in [5, 5.41) is 0. The summed E-state index contributed by atoms with van der Waals surface area (Å²) in [5.74, 6) is -1.07. The Hall–Kier alpha value is -3.15. The zero-order valence-electron chi connectivity index (χ0n) is 35.7. The average molecular weight is 767 g/mol. The zero-order valence-corrected chi connectivity index (χ0v) is 35.7. The van der Waals surface area contributed by atoms with Crippen molar-refractivity contribution in [2.45, 2.75) is 207 Å². The fourth-order valence-electron chi connectivity index (χ4n) is 5.93. The summed E-state index contributed by atoms with van der Waals surface area (Å²) < 4.78 is 16.6. The van der Waals surface area contributed by atoms with Gasteiger partial charge in [0.15, 0.2) is 6.10 Å². The van der Waals surface area contributed by atoms with E-state index in [-0.39, 0.29) is 31.6 Å². The van der Waals surface area contributed by atoms with E-state index in [0.717, 1.165) is 89.9 Å². The van der Waals surface area contributed by atoms with Crippen LogP contribution in [0, 0.1) is 0 Å². The molecule has 55 heavy (non-hydrogen) atoms. The monoisotopic (exact) mass is 767 g/mol. The molecule has 6 heteroatoms. The highest BCUT2D eigenvalue weighted by Gasteiger charge is 2.19. The van der Waals surface area contributed by atoms with Gasteiger partial charge in [-0.05, 0) is 64.2 Å². The predicted molar refractivity (Wildman–Crippen MR) is 233 cm³/mol. The number of hydrogen-bond donors (Lipinski definition) is 0. The molecule has 0 saturated carbocycles. The summed E-state index contributed by atoms with van der Waals surface area (Å²) in [7, 11) is 0. The van der Waals surface area contributed by atoms with Gasteiger partial charge in [0.05, 0.1) is 6.42 Å². The van der Waals surface area contributed by atoms with Crippen LogP contribution < -0.4 is 0 Å². The highest BCUT2D eigenvalue weighted by molar-refractivity contribution is 5.72. The quantitative estimate of drug-likeness (QED) is 0.0268.